The van der Waals surface area contributed by atoms with Crippen molar-refractivity contribution in [3.8, 4) is 45.3 Å². The summed E-state index contributed by atoms with van der Waals surface area (Å²) in [5.74, 6) is 0.881. The molecule has 0 aliphatic heterocycles. The van der Waals surface area contributed by atoms with E-state index in [4.69, 9.17) is 15.0 Å². The highest BCUT2D eigenvalue weighted by atomic mass is 32.2. The van der Waals surface area contributed by atoms with Crippen molar-refractivity contribution in [2.45, 2.75) is 11.8 Å². The zero-order valence-electron chi connectivity index (χ0n) is 23.5. The second-order valence-corrected chi connectivity index (χ2v) is 11.7. The standard InChI is InChI=1S/C34H25N5O4S/c1-23-12-21-30(31(22-23)38-44(42,43)29-10-6-3-7-11-29)34-36-32(26-15-13-25(14-16-26)24-8-4-2-5-9-24)35-33(37-34)27-17-19-28(20-18-27)39(40)41/h2-22,38H,1H3. The fraction of sp³-hybridized carbons (Fsp3) is 0.0294. The van der Waals surface area contributed by atoms with Gasteiger partial charge in [-0.15, -0.1) is 0 Å². The molecule has 1 N–H and O–H groups in total. The van der Waals surface area contributed by atoms with E-state index in [1.165, 1.54) is 24.3 Å². The molecule has 9 nitrogen and oxygen atoms in total. The van der Waals surface area contributed by atoms with Gasteiger partial charge in [-0.05, 0) is 60.0 Å². The number of aromatic nitrogens is 3. The number of nitrogens with one attached hydrogen (secondary N) is 1. The summed E-state index contributed by atoms with van der Waals surface area (Å²) in [7, 11) is -3.91. The summed E-state index contributed by atoms with van der Waals surface area (Å²) >= 11 is 0. The Morgan fingerprint density at radius 3 is 1.70 bits per heavy atom. The molecule has 0 saturated carbocycles. The van der Waals surface area contributed by atoms with Gasteiger partial charge in [-0.1, -0.05) is 78.9 Å². The van der Waals surface area contributed by atoms with E-state index in [1.54, 1.807) is 42.5 Å². The van der Waals surface area contributed by atoms with Crippen molar-refractivity contribution in [1.29, 1.82) is 0 Å². The van der Waals surface area contributed by atoms with Crippen LogP contribution in [0.4, 0.5) is 11.4 Å². The van der Waals surface area contributed by atoms with Gasteiger partial charge < -0.3 is 0 Å². The molecule has 5 aromatic carbocycles. The summed E-state index contributed by atoms with van der Waals surface area (Å²) in [6.45, 7) is 1.86. The van der Waals surface area contributed by atoms with Gasteiger partial charge in [-0.3, -0.25) is 14.8 Å². The van der Waals surface area contributed by atoms with Crippen LogP contribution in [0.15, 0.2) is 132 Å². The van der Waals surface area contributed by atoms with Crippen LogP contribution in [0.3, 0.4) is 0 Å². The third-order valence-electron chi connectivity index (χ3n) is 6.94. The largest absolute Gasteiger partial charge is 0.279 e. The number of sulfonamides is 1. The molecule has 1 heterocycles. The minimum absolute atomic E-state index is 0.0594. The number of nitrogens with zero attached hydrogens (tertiary/aromatic N) is 4. The minimum Gasteiger partial charge on any atom is -0.279 e. The Hall–Kier alpha value is -5.74. The lowest BCUT2D eigenvalue weighted by Crippen LogP contribution is -2.14. The van der Waals surface area contributed by atoms with Crippen molar-refractivity contribution in [1.82, 2.24) is 15.0 Å². The fourth-order valence-electron chi connectivity index (χ4n) is 4.67. The van der Waals surface area contributed by atoms with E-state index in [1.807, 2.05) is 67.6 Å². The Kier molecular flexibility index (Phi) is 7.65. The highest BCUT2D eigenvalue weighted by Gasteiger charge is 2.20. The average Bonchev–Trinajstić information content (AvgIpc) is 3.05. The molecule has 0 amide bonds. The van der Waals surface area contributed by atoms with Crippen LogP contribution in [0.25, 0.3) is 45.3 Å². The topological polar surface area (TPSA) is 128 Å². The van der Waals surface area contributed by atoms with E-state index in [2.05, 4.69) is 4.72 Å². The van der Waals surface area contributed by atoms with Gasteiger partial charge in [0, 0.05) is 28.8 Å². The summed E-state index contributed by atoms with van der Waals surface area (Å²) in [4.78, 5) is 25.1. The summed E-state index contributed by atoms with van der Waals surface area (Å²) in [5, 5.41) is 11.2. The van der Waals surface area contributed by atoms with E-state index in [0.717, 1.165) is 22.3 Å². The van der Waals surface area contributed by atoms with Crippen molar-refractivity contribution >= 4 is 21.4 Å². The zero-order chi connectivity index (χ0) is 30.7. The fourth-order valence-corrected chi connectivity index (χ4v) is 5.76. The smallest absolute Gasteiger partial charge is 0.269 e. The van der Waals surface area contributed by atoms with Crippen LogP contribution in [0.5, 0.6) is 0 Å². The Labute approximate surface area is 254 Å². The maximum absolute atomic E-state index is 13.3. The van der Waals surface area contributed by atoms with Crippen LogP contribution in [0, 0.1) is 17.0 Å². The number of aryl methyl sites for hydroxylation is 1. The molecule has 0 fully saturated rings. The first-order chi connectivity index (χ1) is 21.3. The molecule has 0 atom stereocenters. The van der Waals surface area contributed by atoms with Gasteiger partial charge in [0.05, 0.1) is 15.5 Å². The Bertz CT molecular complexity index is 2070. The van der Waals surface area contributed by atoms with E-state index in [-0.39, 0.29) is 22.2 Å². The Morgan fingerprint density at radius 2 is 1.11 bits per heavy atom. The molecule has 0 bridgehead atoms. The average molecular weight is 600 g/mol. The number of hydrogen-bond donors (Lipinski definition) is 1. The van der Waals surface area contributed by atoms with Crippen LogP contribution in [0.1, 0.15) is 5.56 Å². The van der Waals surface area contributed by atoms with Crippen LogP contribution in [-0.2, 0) is 10.0 Å². The minimum atomic E-state index is -3.91. The van der Waals surface area contributed by atoms with Gasteiger partial charge in [0.2, 0.25) is 0 Å². The number of nitro groups is 1. The maximum atomic E-state index is 13.3. The molecule has 0 aliphatic rings. The van der Waals surface area contributed by atoms with Crippen LogP contribution >= 0.6 is 0 Å². The molecule has 0 radical (unpaired) electrons. The second-order valence-electron chi connectivity index (χ2n) is 10.0. The third-order valence-corrected chi connectivity index (χ3v) is 8.32. The quantitative estimate of drug-likeness (QED) is 0.141. The monoisotopic (exact) mass is 599 g/mol. The molecule has 6 rings (SSSR count). The molecule has 0 aliphatic carbocycles. The van der Waals surface area contributed by atoms with Crippen LogP contribution < -0.4 is 4.72 Å². The van der Waals surface area contributed by atoms with Gasteiger partial charge in [0.15, 0.2) is 17.5 Å². The Morgan fingerprint density at radius 1 is 0.614 bits per heavy atom. The molecule has 10 heteroatoms. The van der Waals surface area contributed by atoms with Crippen molar-refractivity contribution in [2.75, 3.05) is 4.72 Å². The highest BCUT2D eigenvalue weighted by molar-refractivity contribution is 7.92. The number of anilines is 1. The molecule has 216 valence electrons. The van der Waals surface area contributed by atoms with Crippen molar-refractivity contribution in [3.63, 3.8) is 0 Å². The van der Waals surface area contributed by atoms with E-state index >= 15 is 0 Å². The van der Waals surface area contributed by atoms with Gasteiger partial charge >= 0.3 is 0 Å². The lowest BCUT2D eigenvalue weighted by Gasteiger charge is -2.14. The van der Waals surface area contributed by atoms with Crippen molar-refractivity contribution < 1.29 is 13.3 Å². The lowest BCUT2D eigenvalue weighted by atomic mass is 10.0. The zero-order valence-corrected chi connectivity index (χ0v) is 24.3. The van der Waals surface area contributed by atoms with E-state index in [9.17, 15) is 18.5 Å². The van der Waals surface area contributed by atoms with Gasteiger partial charge in [0.1, 0.15) is 0 Å². The summed E-state index contributed by atoms with van der Waals surface area (Å²) in [6, 6.07) is 37.1. The molecule has 6 aromatic rings. The maximum Gasteiger partial charge on any atom is 0.269 e. The summed E-state index contributed by atoms with van der Waals surface area (Å²) in [5.41, 5.74) is 4.88. The first-order valence-electron chi connectivity index (χ1n) is 13.6. The molecular weight excluding hydrogens is 574 g/mol. The summed E-state index contributed by atoms with van der Waals surface area (Å²) in [6.07, 6.45) is 0. The van der Waals surface area contributed by atoms with Crippen LogP contribution in [-0.4, -0.2) is 28.3 Å². The first-order valence-corrected chi connectivity index (χ1v) is 15.1. The first kappa shape index (κ1) is 28.4. The number of non-ortho nitro benzene ring substituents is 1. The van der Waals surface area contributed by atoms with Gasteiger partial charge in [-0.25, -0.2) is 23.4 Å². The SMILES string of the molecule is Cc1ccc(-c2nc(-c3ccc(-c4ccccc4)cc3)nc(-c3ccc([N+](=O)[O-])cc3)n2)c(NS(=O)(=O)c2ccccc2)c1. The third kappa shape index (κ3) is 6.06. The number of hydrogen-bond acceptors (Lipinski definition) is 7. The normalized spacial score (nSPS) is 11.2. The number of rotatable bonds is 8. The molecule has 1 aromatic heterocycles. The lowest BCUT2D eigenvalue weighted by molar-refractivity contribution is -0.384. The Balaban J connectivity index is 1.48. The highest BCUT2D eigenvalue weighted by Crippen LogP contribution is 2.32. The van der Waals surface area contributed by atoms with Crippen molar-refractivity contribution in [3.05, 3.63) is 143 Å². The summed E-state index contributed by atoms with van der Waals surface area (Å²) < 4.78 is 29.3. The number of benzene rings is 5. The molecule has 0 spiro atoms. The van der Waals surface area contributed by atoms with Gasteiger partial charge in [-0.2, -0.15) is 0 Å². The predicted molar refractivity (Wildman–Crippen MR) is 170 cm³/mol. The van der Waals surface area contributed by atoms with Crippen molar-refractivity contribution in [2.24, 2.45) is 0 Å². The van der Waals surface area contributed by atoms with E-state index in [0.29, 0.717) is 22.6 Å². The van der Waals surface area contributed by atoms with Gasteiger partial charge in [0.25, 0.3) is 15.7 Å². The van der Waals surface area contributed by atoms with E-state index < -0.39 is 14.9 Å². The second kappa shape index (κ2) is 11.9. The molecule has 0 saturated heterocycles. The van der Waals surface area contributed by atoms with Crippen LogP contribution in [0.2, 0.25) is 0 Å². The number of nitro benzene ring substituents is 1. The molecular formula is C34H25N5O4S. The molecule has 44 heavy (non-hydrogen) atoms. The predicted octanol–water partition coefficient (Wildman–Crippen LogP) is 7.56. The molecule has 0 unspecified atom stereocenters.